The molecular formula is C23H28N4O5. The standard InChI is InChI=1S/C23H28N4O5/c28-19-7-6-18(20(29)25-19)27-21(30)16-5-4-15(10-17(16)22(27)31)32-9-3-1-2-8-26-13-23(14-26)11-24-12-23/h4-5,10,18,24H,1-3,6-9,11-14H2,(H,25,28,29). The molecule has 9 heteroatoms. The molecule has 3 fully saturated rings. The van der Waals surface area contributed by atoms with Gasteiger partial charge in [0.15, 0.2) is 0 Å². The first-order valence-corrected chi connectivity index (χ1v) is 11.4. The molecule has 4 aliphatic rings. The van der Waals surface area contributed by atoms with Crippen LogP contribution in [0.25, 0.3) is 0 Å². The Hall–Kier alpha value is -2.78. The largest absolute Gasteiger partial charge is 0.494 e. The molecule has 1 aromatic rings. The van der Waals surface area contributed by atoms with Gasteiger partial charge in [-0.1, -0.05) is 0 Å². The summed E-state index contributed by atoms with van der Waals surface area (Å²) in [7, 11) is 0. The molecule has 2 N–H and O–H groups in total. The molecule has 0 bridgehead atoms. The van der Waals surface area contributed by atoms with Gasteiger partial charge in [-0.15, -0.1) is 0 Å². The Kier molecular flexibility index (Phi) is 5.46. The van der Waals surface area contributed by atoms with Crippen LogP contribution in [0.15, 0.2) is 18.2 Å². The first-order valence-electron chi connectivity index (χ1n) is 11.4. The summed E-state index contributed by atoms with van der Waals surface area (Å²) in [6.45, 7) is 6.44. The number of likely N-dealkylation sites (tertiary alicyclic amines) is 1. The molecule has 4 amide bonds. The van der Waals surface area contributed by atoms with E-state index in [4.69, 9.17) is 4.74 Å². The van der Waals surface area contributed by atoms with Crippen LogP contribution in [0, 0.1) is 5.41 Å². The molecule has 4 aliphatic heterocycles. The Labute approximate surface area is 186 Å². The van der Waals surface area contributed by atoms with Crippen molar-refractivity contribution in [3.63, 3.8) is 0 Å². The quantitative estimate of drug-likeness (QED) is 0.449. The number of nitrogens with one attached hydrogen (secondary N) is 2. The van der Waals surface area contributed by atoms with E-state index in [2.05, 4.69) is 15.5 Å². The maximum Gasteiger partial charge on any atom is 0.262 e. The van der Waals surface area contributed by atoms with Crippen molar-refractivity contribution in [2.24, 2.45) is 5.41 Å². The number of hydrogen-bond acceptors (Lipinski definition) is 7. The van der Waals surface area contributed by atoms with E-state index in [1.807, 2.05) is 0 Å². The van der Waals surface area contributed by atoms with Crippen molar-refractivity contribution < 1.29 is 23.9 Å². The molecule has 5 rings (SSSR count). The summed E-state index contributed by atoms with van der Waals surface area (Å²) in [5.41, 5.74) is 1.08. The minimum Gasteiger partial charge on any atom is -0.494 e. The number of rotatable bonds is 8. The lowest BCUT2D eigenvalue weighted by Gasteiger charge is -2.56. The second kappa shape index (κ2) is 8.29. The van der Waals surface area contributed by atoms with Crippen LogP contribution in [0.2, 0.25) is 0 Å². The molecule has 0 aliphatic carbocycles. The molecule has 9 nitrogen and oxygen atoms in total. The summed E-state index contributed by atoms with van der Waals surface area (Å²) in [5, 5.41) is 5.55. The number of carbonyl (C=O) groups excluding carboxylic acids is 4. The van der Waals surface area contributed by atoms with Gasteiger partial charge in [0.05, 0.1) is 17.7 Å². The number of imide groups is 2. The van der Waals surface area contributed by atoms with Gasteiger partial charge in [-0.2, -0.15) is 0 Å². The van der Waals surface area contributed by atoms with Gasteiger partial charge in [0.2, 0.25) is 11.8 Å². The third-order valence-electron chi connectivity index (χ3n) is 6.92. The average molecular weight is 441 g/mol. The fourth-order valence-electron chi connectivity index (χ4n) is 5.11. The van der Waals surface area contributed by atoms with Crippen LogP contribution in [-0.2, 0) is 9.59 Å². The molecule has 0 radical (unpaired) electrons. The third kappa shape index (κ3) is 3.80. The number of ether oxygens (including phenoxy) is 1. The van der Waals surface area contributed by atoms with Crippen molar-refractivity contribution >= 4 is 23.6 Å². The van der Waals surface area contributed by atoms with Crippen LogP contribution in [0.3, 0.4) is 0 Å². The highest BCUT2D eigenvalue weighted by molar-refractivity contribution is 6.23. The summed E-state index contributed by atoms with van der Waals surface area (Å²) >= 11 is 0. The van der Waals surface area contributed by atoms with Gasteiger partial charge in [-0.05, 0) is 50.4 Å². The highest BCUT2D eigenvalue weighted by atomic mass is 16.5. The molecule has 1 atom stereocenters. The number of unbranched alkanes of at least 4 members (excludes halogenated alkanes) is 2. The van der Waals surface area contributed by atoms with E-state index in [-0.39, 0.29) is 29.9 Å². The molecule has 1 unspecified atom stereocenters. The maximum atomic E-state index is 12.8. The number of fused-ring (bicyclic) bond motifs is 1. The van der Waals surface area contributed by atoms with Crippen LogP contribution in [-0.4, -0.2) is 78.8 Å². The van der Waals surface area contributed by atoms with Crippen LogP contribution in [0.5, 0.6) is 5.75 Å². The van der Waals surface area contributed by atoms with Crippen molar-refractivity contribution in [2.45, 2.75) is 38.1 Å². The molecule has 32 heavy (non-hydrogen) atoms. The first kappa shape index (κ1) is 21.1. The molecule has 4 heterocycles. The lowest BCUT2D eigenvalue weighted by atomic mass is 9.74. The summed E-state index contributed by atoms with van der Waals surface area (Å²) in [6.07, 6.45) is 3.40. The minimum atomic E-state index is -0.952. The Morgan fingerprint density at radius 1 is 1.00 bits per heavy atom. The normalized spacial score (nSPS) is 24.2. The Bertz CT molecular complexity index is 965. The number of hydrogen-bond donors (Lipinski definition) is 2. The van der Waals surface area contributed by atoms with E-state index in [0.29, 0.717) is 17.8 Å². The van der Waals surface area contributed by atoms with E-state index < -0.39 is 23.8 Å². The third-order valence-corrected chi connectivity index (χ3v) is 6.92. The predicted octanol–water partition coefficient (Wildman–Crippen LogP) is 0.542. The zero-order chi connectivity index (χ0) is 22.3. The zero-order valence-electron chi connectivity index (χ0n) is 18.0. The summed E-state index contributed by atoms with van der Waals surface area (Å²) in [4.78, 5) is 52.6. The van der Waals surface area contributed by atoms with Crippen LogP contribution >= 0.6 is 0 Å². The van der Waals surface area contributed by atoms with Gasteiger partial charge in [0, 0.05) is 38.0 Å². The smallest absolute Gasteiger partial charge is 0.262 e. The maximum absolute atomic E-state index is 12.8. The Morgan fingerprint density at radius 2 is 1.78 bits per heavy atom. The van der Waals surface area contributed by atoms with Crippen molar-refractivity contribution in [1.82, 2.24) is 20.4 Å². The fourth-order valence-corrected chi connectivity index (χ4v) is 5.11. The van der Waals surface area contributed by atoms with Gasteiger partial charge < -0.3 is 15.0 Å². The molecule has 0 saturated carbocycles. The Morgan fingerprint density at radius 3 is 2.50 bits per heavy atom. The summed E-state index contributed by atoms with van der Waals surface area (Å²) in [5.74, 6) is -1.47. The van der Waals surface area contributed by atoms with Crippen molar-refractivity contribution in [1.29, 1.82) is 0 Å². The van der Waals surface area contributed by atoms with Crippen LogP contribution in [0.4, 0.5) is 0 Å². The lowest BCUT2D eigenvalue weighted by molar-refractivity contribution is -0.136. The number of carbonyl (C=O) groups is 4. The fraction of sp³-hybridized carbons (Fsp3) is 0.565. The number of piperidine rings is 1. The van der Waals surface area contributed by atoms with Crippen LogP contribution in [0.1, 0.15) is 52.8 Å². The monoisotopic (exact) mass is 440 g/mol. The molecular weight excluding hydrogens is 412 g/mol. The Balaban J connectivity index is 1.09. The molecule has 3 saturated heterocycles. The number of amides is 4. The van der Waals surface area contributed by atoms with Crippen molar-refractivity contribution in [3.8, 4) is 5.75 Å². The van der Waals surface area contributed by atoms with Gasteiger partial charge in [0.1, 0.15) is 11.8 Å². The van der Waals surface area contributed by atoms with Gasteiger partial charge in [-0.25, -0.2) is 0 Å². The van der Waals surface area contributed by atoms with E-state index in [1.165, 1.54) is 13.1 Å². The van der Waals surface area contributed by atoms with Gasteiger partial charge >= 0.3 is 0 Å². The minimum absolute atomic E-state index is 0.105. The first-order chi connectivity index (χ1) is 15.5. The number of nitrogens with zero attached hydrogens (tertiary/aromatic N) is 2. The SMILES string of the molecule is O=C1CCC(N2C(=O)c3ccc(OCCCCCN4CC5(CNC5)C4)cc3C2=O)C(=O)N1. The second-order valence-corrected chi connectivity index (χ2v) is 9.38. The average Bonchev–Trinajstić information content (AvgIpc) is 2.95. The van der Waals surface area contributed by atoms with Crippen molar-refractivity contribution in [3.05, 3.63) is 29.3 Å². The topological polar surface area (TPSA) is 108 Å². The number of benzene rings is 1. The van der Waals surface area contributed by atoms with E-state index in [9.17, 15) is 19.2 Å². The van der Waals surface area contributed by atoms with Gasteiger partial charge in [-0.3, -0.25) is 29.4 Å². The highest BCUT2D eigenvalue weighted by Gasteiger charge is 2.47. The lowest BCUT2D eigenvalue weighted by Crippen LogP contribution is -2.70. The van der Waals surface area contributed by atoms with E-state index in [1.54, 1.807) is 18.2 Å². The summed E-state index contributed by atoms with van der Waals surface area (Å²) in [6, 6.07) is 3.88. The molecule has 0 aromatic heterocycles. The zero-order valence-corrected chi connectivity index (χ0v) is 18.0. The highest BCUT2D eigenvalue weighted by Crippen LogP contribution is 2.34. The van der Waals surface area contributed by atoms with Gasteiger partial charge in [0.25, 0.3) is 11.8 Å². The van der Waals surface area contributed by atoms with E-state index >= 15 is 0 Å². The van der Waals surface area contributed by atoms with Crippen molar-refractivity contribution in [2.75, 3.05) is 39.3 Å². The molecule has 170 valence electrons. The van der Waals surface area contributed by atoms with E-state index in [0.717, 1.165) is 43.8 Å². The molecule has 1 aromatic carbocycles. The predicted molar refractivity (Wildman–Crippen MR) is 114 cm³/mol. The second-order valence-electron chi connectivity index (χ2n) is 9.38. The summed E-state index contributed by atoms with van der Waals surface area (Å²) < 4.78 is 5.81. The van der Waals surface area contributed by atoms with Crippen LogP contribution < -0.4 is 15.4 Å². The molecule has 1 spiro atoms.